The Kier molecular flexibility index (Phi) is 6.13. The molecule has 4 rings (SSSR count). The molecule has 0 amide bonds. The fourth-order valence-corrected chi connectivity index (χ4v) is 4.72. The van der Waals surface area contributed by atoms with Crippen molar-refractivity contribution in [1.29, 1.82) is 0 Å². The van der Waals surface area contributed by atoms with E-state index in [-0.39, 0.29) is 0 Å². The molecule has 0 bridgehead atoms. The predicted octanol–water partition coefficient (Wildman–Crippen LogP) is 9.12. The zero-order valence-corrected chi connectivity index (χ0v) is 18.0. The number of rotatable bonds is 5. The van der Waals surface area contributed by atoms with Gasteiger partial charge < -0.3 is 0 Å². The van der Waals surface area contributed by atoms with Crippen LogP contribution in [0.5, 0.6) is 0 Å². The molecule has 4 heteroatoms. The van der Waals surface area contributed by atoms with Crippen molar-refractivity contribution in [1.82, 2.24) is 0 Å². The summed E-state index contributed by atoms with van der Waals surface area (Å²) in [6.45, 7) is 0. The van der Waals surface area contributed by atoms with Crippen molar-refractivity contribution in [3.63, 3.8) is 0 Å². The minimum atomic E-state index is 0.753. The molecule has 0 N–H and O–H groups in total. The molecule has 4 aromatic rings. The van der Waals surface area contributed by atoms with E-state index in [1.54, 1.807) is 22.7 Å². The zero-order valence-electron chi connectivity index (χ0n) is 14.8. The molecule has 28 heavy (non-hydrogen) atoms. The lowest BCUT2D eigenvalue weighted by Crippen LogP contribution is -1.79. The van der Waals surface area contributed by atoms with E-state index in [2.05, 4.69) is 45.8 Å². The van der Waals surface area contributed by atoms with E-state index in [9.17, 15) is 0 Å². The fourth-order valence-electron chi connectivity index (χ4n) is 2.83. The Balaban J connectivity index is 1.59. The third-order valence-corrected chi connectivity index (χ3v) is 6.35. The maximum absolute atomic E-state index is 5.97. The van der Waals surface area contributed by atoms with Crippen molar-refractivity contribution in [3.05, 3.63) is 102 Å². The van der Waals surface area contributed by atoms with Crippen molar-refractivity contribution >= 4 is 70.2 Å². The van der Waals surface area contributed by atoms with Gasteiger partial charge in [-0.1, -0.05) is 71.8 Å². The Morgan fingerprint density at radius 1 is 0.500 bits per heavy atom. The maximum atomic E-state index is 5.97. The zero-order chi connectivity index (χ0) is 19.3. The SMILES string of the molecule is Clc1ccc(C=Cc2cscc2-c2cscc2C=Cc2ccc(Cl)cc2)cc1. The van der Waals surface area contributed by atoms with Crippen LogP contribution >= 0.6 is 45.9 Å². The van der Waals surface area contributed by atoms with Gasteiger partial charge in [0.25, 0.3) is 0 Å². The number of hydrogen-bond donors (Lipinski definition) is 0. The summed E-state index contributed by atoms with van der Waals surface area (Å²) in [6.07, 6.45) is 8.58. The van der Waals surface area contributed by atoms with Gasteiger partial charge in [0.15, 0.2) is 0 Å². The predicted molar refractivity (Wildman–Crippen MR) is 128 cm³/mol. The van der Waals surface area contributed by atoms with Crippen molar-refractivity contribution in [2.45, 2.75) is 0 Å². The topological polar surface area (TPSA) is 0 Å². The lowest BCUT2D eigenvalue weighted by molar-refractivity contribution is 1.66. The molecule has 0 unspecified atom stereocenters. The van der Waals surface area contributed by atoms with Gasteiger partial charge in [-0.3, -0.25) is 0 Å². The van der Waals surface area contributed by atoms with Crippen LogP contribution in [0.2, 0.25) is 10.0 Å². The highest BCUT2D eigenvalue weighted by Crippen LogP contribution is 2.35. The summed E-state index contributed by atoms with van der Waals surface area (Å²) >= 11 is 15.4. The van der Waals surface area contributed by atoms with Crippen LogP contribution in [-0.2, 0) is 0 Å². The number of hydrogen-bond acceptors (Lipinski definition) is 2. The monoisotopic (exact) mass is 438 g/mol. The highest BCUT2D eigenvalue weighted by molar-refractivity contribution is 7.09. The first kappa shape index (κ1) is 19.2. The molecule has 0 aliphatic rings. The van der Waals surface area contributed by atoms with Crippen molar-refractivity contribution < 1.29 is 0 Å². The summed E-state index contributed by atoms with van der Waals surface area (Å²) in [5.41, 5.74) is 7.22. The van der Waals surface area contributed by atoms with Crippen molar-refractivity contribution in [2.75, 3.05) is 0 Å². The van der Waals surface area contributed by atoms with Crippen molar-refractivity contribution in [3.8, 4) is 11.1 Å². The summed E-state index contributed by atoms with van der Waals surface area (Å²) in [5, 5.41) is 10.3. The molecule has 0 atom stereocenters. The highest BCUT2D eigenvalue weighted by atomic mass is 35.5. The van der Waals surface area contributed by atoms with E-state index < -0.39 is 0 Å². The Morgan fingerprint density at radius 3 is 1.29 bits per heavy atom. The summed E-state index contributed by atoms with van der Waals surface area (Å²) in [6, 6.07) is 15.7. The Labute approximate surface area is 183 Å². The molecule has 2 aromatic heterocycles. The first-order chi connectivity index (χ1) is 13.7. The molecular formula is C24H16Cl2S2. The second-order valence-corrected chi connectivity index (χ2v) is 8.61. The second-order valence-electron chi connectivity index (χ2n) is 6.25. The molecule has 0 saturated carbocycles. The van der Waals surface area contributed by atoms with Gasteiger partial charge in [-0.05, 0) is 68.0 Å². The smallest absolute Gasteiger partial charge is 0.0406 e. The van der Waals surface area contributed by atoms with Gasteiger partial charge in [0.1, 0.15) is 0 Å². The van der Waals surface area contributed by atoms with Gasteiger partial charge in [0, 0.05) is 21.2 Å². The Bertz CT molecular complexity index is 1020. The molecule has 0 aliphatic carbocycles. The first-order valence-corrected chi connectivity index (χ1v) is 11.3. The van der Waals surface area contributed by atoms with Gasteiger partial charge in [-0.25, -0.2) is 0 Å². The third-order valence-electron chi connectivity index (χ3n) is 4.32. The lowest BCUT2D eigenvalue weighted by atomic mass is 10.0. The molecule has 2 heterocycles. The molecule has 138 valence electrons. The molecule has 0 aliphatic heterocycles. The molecule has 2 aromatic carbocycles. The number of halogens is 2. The van der Waals surface area contributed by atoms with E-state index in [4.69, 9.17) is 23.2 Å². The third kappa shape index (κ3) is 4.65. The van der Waals surface area contributed by atoms with Gasteiger partial charge >= 0.3 is 0 Å². The van der Waals surface area contributed by atoms with Crippen LogP contribution < -0.4 is 0 Å². The van der Waals surface area contributed by atoms with Crippen molar-refractivity contribution in [2.24, 2.45) is 0 Å². The summed E-state index contributed by atoms with van der Waals surface area (Å²) in [7, 11) is 0. The minimum absolute atomic E-state index is 0.753. The lowest BCUT2D eigenvalue weighted by Gasteiger charge is -2.01. The van der Waals surface area contributed by atoms with E-state index in [1.807, 2.05) is 48.5 Å². The highest BCUT2D eigenvalue weighted by Gasteiger charge is 2.09. The van der Waals surface area contributed by atoms with Crippen LogP contribution in [0.3, 0.4) is 0 Å². The van der Waals surface area contributed by atoms with Gasteiger partial charge in [0.05, 0.1) is 0 Å². The van der Waals surface area contributed by atoms with E-state index in [0.29, 0.717) is 0 Å². The van der Waals surface area contributed by atoms with Crippen LogP contribution in [0.4, 0.5) is 0 Å². The summed E-state index contributed by atoms with van der Waals surface area (Å²) in [5.74, 6) is 0. The average Bonchev–Trinajstić information content (AvgIpc) is 3.36. The first-order valence-electron chi connectivity index (χ1n) is 8.69. The number of thiophene rings is 2. The normalized spacial score (nSPS) is 11.6. The average molecular weight is 439 g/mol. The van der Waals surface area contributed by atoms with Gasteiger partial charge in [-0.2, -0.15) is 22.7 Å². The number of benzene rings is 2. The van der Waals surface area contributed by atoms with Crippen LogP contribution in [0.1, 0.15) is 22.3 Å². The molecule has 0 fully saturated rings. The van der Waals surface area contributed by atoms with Gasteiger partial charge in [-0.15, -0.1) is 0 Å². The largest absolute Gasteiger partial charge is 0.151 e. The standard InChI is InChI=1S/C24H16Cl2S2/c25-21-9-3-17(4-10-21)1-7-19-13-27-15-23(19)24-16-28-14-20(24)8-2-18-5-11-22(26)12-6-18/h1-16H. The molecule has 0 radical (unpaired) electrons. The molecule has 0 spiro atoms. The molecule has 0 nitrogen and oxygen atoms in total. The van der Waals surface area contributed by atoms with Crippen LogP contribution in [0.15, 0.2) is 70.1 Å². The van der Waals surface area contributed by atoms with Crippen LogP contribution in [0, 0.1) is 0 Å². The maximum Gasteiger partial charge on any atom is 0.0406 e. The Morgan fingerprint density at radius 2 is 0.893 bits per heavy atom. The molecular weight excluding hydrogens is 423 g/mol. The van der Waals surface area contributed by atoms with E-state index in [0.717, 1.165) is 21.2 Å². The van der Waals surface area contributed by atoms with Crippen LogP contribution in [0.25, 0.3) is 35.4 Å². The fraction of sp³-hybridized carbons (Fsp3) is 0. The summed E-state index contributed by atoms with van der Waals surface area (Å²) in [4.78, 5) is 0. The summed E-state index contributed by atoms with van der Waals surface area (Å²) < 4.78 is 0. The van der Waals surface area contributed by atoms with Crippen LogP contribution in [-0.4, -0.2) is 0 Å². The second kappa shape index (κ2) is 8.93. The van der Waals surface area contributed by atoms with E-state index in [1.165, 1.54) is 22.3 Å². The van der Waals surface area contributed by atoms with E-state index >= 15 is 0 Å². The minimum Gasteiger partial charge on any atom is -0.151 e. The Hall–Kier alpha value is -2.10. The van der Waals surface area contributed by atoms with Gasteiger partial charge in [0.2, 0.25) is 0 Å². The quantitative estimate of drug-likeness (QED) is 0.291. The molecule has 0 saturated heterocycles.